The molecule has 0 spiro atoms. The van der Waals surface area contributed by atoms with Crippen LogP contribution in [0.25, 0.3) is 27.7 Å². The van der Waals surface area contributed by atoms with Crippen molar-refractivity contribution in [3.8, 4) is 11.3 Å². The van der Waals surface area contributed by atoms with Gasteiger partial charge in [-0.05, 0) is 70.6 Å². The molecule has 0 amide bonds. The third-order valence-electron chi connectivity index (χ3n) is 6.80. The maximum Gasteiger partial charge on any atom is 0.160 e. The first-order valence-electron chi connectivity index (χ1n) is 11.6. The average molecular weight is 470 g/mol. The molecule has 4 heteroatoms. The second-order valence-corrected chi connectivity index (χ2v) is 10.5. The van der Waals surface area contributed by atoms with Crippen molar-refractivity contribution in [2.75, 3.05) is 5.73 Å². The minimum absolute atomic E-state index is 0.142. The molecular formula is C30H28ClNO2. The van der Waals surface area contributed by atoms with Crippen LogP contribution in [0.5, 0.6) is 0 Å². The number of nitrogen functional groups attached to an aromatic ring is 1. The Bertz CT molecular complexity index is 1430. The number of nitrogens with two attached hydrogens (primary N) is 1. The van der Waals surface area contributed by atoms with Crippen molar-refractivity contribution in [3.63, 3.8) is 0 Å². The molecule has 1 aromatic heterocycles. The molecule has 4 aromatic rings. The summed E-state index contributed by atoms with van der Waals surface area (Å²) in [7, 11) is 0. The molecule has 2 N–H and O–H groups in total. The summed E-state index contributed by atoms with van der Waals surface area (Å²) in [5.41, 5.74) is 10.9. The summed E-state index contributed by atoms with van der Waals surface area (Å²) in [4.78, 5) is 13.6. The van der Waals surface area contributed by atoms with Gasteiger partial charge in [-0.2, -0.15) is 0 Å². The summed E-state index contributed by atoms with van der Waals surface area (Å²) in [5.74, 6) is 1.49. The number of carbonyl (C=O) groups excluding carboxylic acids is 1. The molecule has 0 bridgehead atoms. The maximum atomic E-state index is 13.6. The first kappa shape index (κ1) is 22.5. The van der Waals surface area contributed by atoms with Crippen LogP contribution in [0, 0.1) is 5.41 Å². The number of Topliss-reactive ketones (excluding diaryl/α,β-unsaturated/α-hetero) is 1. The van der Waals surface area contributed by atoms with Crippen LogP contribution >= 0.6 is 11.6 Å². The molecule has 1 heterocycles. The topological polar surface area (TPSA) is 56.2 Å². The van der Waals surface area contributed by atoms with Crippen molar-refractivity contribution in [2.45, 2.75) is 39.5 Å². The number of rotatable bonds is 4. The third-order valence-corrected chi connectivity index (χ3v) is 7.05. The predicted molar refractivity (Wildman–Crippen MR) is 141 cm³/mol. The second kappa shape index (κ2) is 8.48. The van der Waals surface area contributed by atoms with Gasteiger partial charge in [0.1, 0.15) is 11.5 Å². The fourth-order valence-electron chi connectivity index (χ4n) is 5.18. The van der Waals surface area contributed by atoms with Gasteiger partial charge >= 0.3 is 0 Å². The molecule has 172 valence electrons. The third kappa shape index (κ3) is 4.05. The Balaban J connectivity index is 1.67. The van der Waals surface area contributed by atoms with Crippen LogP contribution in [0.4, 0.5) is 5.69 Å². The number of anilines is 1. The molecule has 34 heavy (non-hydrogen) atoms. The highest BCUT2D eigenvalue weighted by molar-refractivity contribution is 6.30. The number of hydrogen-bond donors (Lipinski definition) is 1. The van der Waals surface area contributed by atoms with Crippen LogP contribution in [-0.2, 0) is 4.79 Å². The number of allylic oxidation sites excluding steroid dienone is 2. The molecule has 0 saturated carbocycles. The van der Waals surface area contributed by atoms with E-state index in [1.54, 1.807) is 0 Å². The molecule has 1 aliphatic carbocycles. The minimum Gasteiger partial charge on any atom is -0.460 e. The number of fused-ring (bicyclic) bond motifs is 1. The van der Waals surface area contributed by atoms with Gasteiger partial charge in [-0.3, -0.25) is 4.79 Å². The first-order chi connectivity index (χ1) is 16.2. The summed E-state index contributed by atoms with van der Waals surface area (Å²) in [5, 5.41) is 2.88. The minimum atomic E-state index is -0.196. The largest absolute Gasteiger partial charge is 0.460 e. The molecule has 5 rings (SSSR count). The van der Waals surface area contributed by atoms with E-state index >= 15 is 0 Å². The van der Waals surface area contributed by atoms with Crippen molar-refractivity contribution < 1.29 is 9.21 Å². The molecule has 3 nitrogen and oxygen atoms in total. The van der Waals surface area contributed by atoms with Gasteiger partial charge in [0, 0.05) is 39.7 Å². The molecule has 3 aromatic carbocycles. The van der Waals surface area contributed by atoms with Crippen LogP contribution in [0.15, 0.2) is 82.8 Å². The van der Waals surface area contributed by atoms with E-state index in [9.17, 15) is 4.79 Å². The lowest BCUT2D eigenvalue weighted by molar-refractivity contribution is -0.118. The standard InChI is InChI=1S/C30H28ClNO2/c1-18(26-14-15-27(34-26)20-8-11-21(31)12-9-20)28-23(16-30(2,3)17-25(28)33)29-22-7-5-4-6-19(22)10-13-24(29)32/h4-15,18H,16-17,32H2,1-3H3/t18-/m0/s1. The maximum absolute atomic E-state index is 13.6. The van der Waals surface area contributed by atoms with Gasteiger partial charge in [-0.1, -0.05) is 62.7 Å². The Morgan fingerprint density at radius 2 is 1.68 bits per heavy atom. The van der Waals surface area contributed by atoms with Crippen molar-refractivity contribution in [3.05, 3.63) is 94.7 Å². The molecule has 0 aliphatic heterocycles. The van der Waals surface area contributed by atoms with Gasteiger partial charge < -0.3 is 10.2 Å². The fraction of sp³-hybridized carbons (Fsp3) is 0.233. The smallest absolute Gasteiger partial charge is 0.160 e. The summed E-state index contributed by atoms with van der Waals surface area (Å²) < 4.78 is 6.27. The van der Waals surface area contributed by atoms with E-state index in [4.69, 9.17) is 21.8 Å². The molecule has 1 atom stereocenters. The fourth-order valence-corrected chi connectivity index (χ4v) is 5.31. The molecule has 0 saturated heterocycles. The van der Waals surface area contributed by atoms with Gasteiger partial charge in [0.15, 0.2) is 5.78 Å². The van der Waals surface area contributed by atoms with Crippen molar-refractivity contribution in [2.24, 2.45) is 5.41 Å². The average Bonchev–Trinajstić information content (AvgIpc) is 3.28. The molecule has 0 radical (unpaired) electrons. The van der Waals surface area contributed by atoms with Gasteiger partial charge in [-0.15, -0.1) is 0 Å². The zero-order valence-corrected chi connectivity index (χ0v) is 20.4. The van der Waals surface area contributed by atoms with Gasteiger partial charge in [-0.25, -0.2) is 0 Å². The number of carbonyl (C=O) groups is 1. The monoisotopic (exact) mass is 469 g/mol. The second-order valence-electron chi connectivity index (χ2n) is 10.0. The van der Waals surface area contributed by atoms with Crippen LogP contribution in [-0.4, -0.2) is 5.78 Å². The van der Waals surface area contributed by atoms with Crippen molar-refractivity contribution in [1.29, 1.82) is 0 Å². The Labute approximate surface area is 205 Å². The summed E-state index contributed by atoms with van der Waals surface area (Å²) in [6.45, 7) is 6.36. The molecular weight excluding hydrogens is 442 g/mol. The lowest BCUT2D eigenvalue weighted by Crippen LogP contribution is -2.27. The first-order valence-corrected chi connectivity index (χ1v) is 12.0. The number of benzene rings is 3. The highest BCUT2D eigenvalue weighted by atomic mass is 35.5. The highest BCUT2D eigenvalue weighted by Gasteiger charge is 2.37. The Morgan fingerprint density at radius 3 is 2.44 bits per heavy atom. The zero-order valence-electron chi connectivity index (χ0n) is 19.7. The van der Waals surface area contributed by atoms with Crippen LogP contribution in [0.1, 0.15) is 50.9 Å². The number of furan rings is 1. The predicted octanol–water partition coefficient (Wildman–Crippen LogP) is 8.28. The van der Waals surface area contributed by atoms with E-state index in [1.165, 1.54) is 0 Å². The molecule has 0 fully saturated rings. The van der Waals surface area contributed by atoms with Crippen molar-refractivity contribution in [1.82, 2.24) is 0 Å². The number of ketones is 1. The Morgan fingerprint density at radius 1 is 0.941 bits per heavy atom. The van der Waals surface area contributed by atoms with Gasteiger partial charge in [0.25, 0.3) is 0 Å². The summed E-state index contributed by atoms with van der Waals surface area (Å²) in [6.07, 6.45) is 1.28. The molecule has 0 unspecified atom stereocenters. The van der Waals surface area contributed by atoms with Crippen LogP contribution < -0.4 is 5.73 Å². The van der Waals surface area contributed by atoms with Crippen LogP contribution in [0.2, 0.25) is 5.02 Å². The normalized spacial score (nSPS) is 16.8. The highest BCUT2D eigenvalue weighted by Crippen LogP contribution is 2.48. The van der Waals surface area contributed by atoms with E-state index in [1.807, 2.05) is 60.7 Å². The van der Waals surface area contributed by atoms with Crippen molar-refractivity contribution >= 4 is 39.4 Å². The Hall–Kier alpha value is -3.30. The SMILES string of the molecule is C[C@H](C1=C(c2c(N)ccc3ccccc23)CC(C)(C)CC1=O)c1ccc(-c2ccc(Cl)cc2)o1. The van der Waals surface area contributed by atoms with E-state index in [2.05, 4.69) is 32.9 Å². The lowest BCUT2D eigenvalue weighted by Gasteiger charge is -2.35. The summed E-state index contributed by atoms with van der Waals surface area (Å²) >= 11 is 6.04. The van der Waals surface area contributed by atoms with Gasteiger partial charge in [0.2, 0.25) is 0 Å². The zero-order chi connectivity index (χ0) is 24.0. The van der Waals surface area contributed by atoms with Crippen LogP contribution in [0.3, 0.4) is 0 Å². The Kier molecular flexibility index (Phi) is 5.61. The lowest BCUT2D eigenvalue weighted by atomic mass is 9.68. The summed E-state index contributed by atoms with van der Waals surface area (Å²) in [6, 6.07) is 23.7. The van der Waals surface area contributed by atoms with Gasteiger partial charge in [0.05, 0.1) is 0 Å². The van der Waals surface area contributed by atoms with E-state index < -0.39 is 0 Å². The number of halogens is 1. The quantitative estimate of drug-likeness (QED) is 0.306. The van der Waals surface area contributed by atoms with E-state index in [0.29, 0.717) is 17.1 Å². The number of hydrogen-bond acceptors (Lipinski definition) is 3. The van der Waals surface area contributed by atoms with E-state index in [-0.39, 0.29) is 17.1 Å². The van der Waals surface area contributed by atoms with E-state index in [0.717, 1.165) is 51.0 Å². The molecule has 1 aliphatic rings.